The molecule has 0 aliphatic carbocycles. The van der Waals surface area contributed by atoms with Gasteiger partial charge >= 0.3 is 6.09 Å². The van der Waals surface area contributed by atoms with Gasteiger partial charge in [0.2, 0.25) is 0 Å². The van der Waals surface area contributed by atoms with Gasteiger partial charge in [0.25, 0.3) is 0 Å². The SMILES string of the molecule is CCOC(=O)N1C=CC(OC)=CC1C. The predicted molar refractivity (Wildman–Crippen MR) is 52.6 cm³/mol. The van der Waals surface area contributed by atoms with Gasteiger partial charge in [0.05, 0.1) is 19.8 Å². The fourth-order valence-corrected chi connectivity index (χ4v) is 1.22. The molecular formula is C10H15NO3. The zero-order chi connectivity index (χ0) is 10.6. The molecule has 0 bridgehead atoms. The maximum Gasteiger partial charge on any atom is 0.414 e. The Morgan fingerprint density at radius 3 is 2.86 bits per heavy atom. The lowest BCUT2D eigenvalue weighted by atomic mass is 10.2. The molecule has 1 aliphatic rings. The van der Waals surface area contributed by atoms with Crippen LogP contribution in [0.2, 0.25) is 0 Å². The molecule has 0 N–H and O–H groups in total. The Labute approximate surface area is 83.8 Å². The van der Waals surface area contributed by atoms with Gasteiger partial charge in [0, 0.05) is 6.20 Å². The number of hydrogen-bond donors (Lipinski definition) is 0. The maximum atomic E-state index is 11.4. The summed E-state index contributed by atoms with van der Waals surface area (Å²) >= 11 is 0. The first-order valence-corrected chi connectivity index (χ1v) is 4.58. The highest BCUT2D eigenvalue weighted by Gasteiger charge is 2.20. The third-order valence-electron chi connectivity index (χ3n) is 1.96. The molecule has 0 aromatic heterocycles. The molecule has 4 nitrogen and oxygen atoms in total. The molecule has 0 aromatic carbocycles. The van der Waals surface area contributed by atoms with E-state index < -0.39 is 0 Å². The van der Waals surface area contributed by atoms with Gasteiger partial charge < -0.3 is 9.47 Å². The summed E-state index contributed by atoms with van der Waals surface area (Å²) in [6, 6.07) is -0.0333. The summed E-state index contributed by atoms with van der Waals surface area (Å²) in [5.74, 6) is 0.762. The van der Waals surface area contributed by atoms with Crippen LogP contribution in [-0.4, -0.2) is 30.8 Å². The maximum absolute atomic E-state index is 11.4. The molecule has 1 aliphatic heterocycles. The van der Waals surface area contributed by atoms with Crippen LogP contribution in [0.4, 0.5) is 4.79 Å². The number of methoxy groups -OCH3 is 1. The highest BCUT2D eigenvalue weighted by atomic mass is 16.6. The average molecular weight is 197 g/mol. The molecule has 0 radical (unpaired) electrons. The van der Waals surface area contributed by atoms with Gasteiger partial charge in [-0.25, -0.2) is 4.79 Å². The third-order valence-corrected chi connectivity index (χ3v) is 1.96. The van der Waals surface area contributed by atoms with Crippen molar-refractivity contribution in [3.8, 4) is 0 Å². The van der Waals surface area contributed by atoms with Gasteiger partial charge in [-0.3, -0.25) is 4.90 Å². The van der Waals surface area contributed by atoms with E-state index in [1.165, 1.54) is 4.90 Å². The first-order valence-electron chi connectivity index (χ1n) is 4.58. The molecule has 0 saturated carbocycles. The lowest BCUT2D eigenvalue weighted by Crippen LogP contribution is -2.35. The number of nitrogens with zero attached hydrogens (tertiary/aromatic N) is 1. The van der Waals surface area contributed by atoms with E-state index >= 15 is 0 Å². The van der Waals surface area contributed by atoms with Gasteiger partial charge in [0.15, 0.2) is 0 Å². The summed E-state index contributed by atoms with van der Waals surface area (Å²) in [6.45, 7) is 4.07. The monoisotopic (exact) mass is 197 g/mol. The number of ether oxygens (including phenoxy) is 2. The van der Waals surface area contributed by atoms with Crippen LogP contribution < -0.4 is 0 Å². The fraction of sp³-hybridized carbons (Fsp3) is 0.500. The molecule has 0 spiro atoms. The number of carbonyl (C=O) groups is 1. The van der Waals surface area contributed by atoms with Crippen LogP contribution in [0.25, 0.3) is 0 Å². The van der Waals surface area contributed by atoms with Crippen molar-refractivity contribution in [3.05, 3.63) is 24.1 Å². The molecule has 1 unspecified atom stereocenters. The van der Waals surface area contributed by atoms with Crippen LogP contribution in [0, 0.1) is 0 Å². The molecule has 0 fully saturated rings. The molecule has 0 aromatic rings. The Balaban J connectivity index is 2.64. The smallest absolute Gasteiger partial charge is 0.414 e. The first kappa shape index (κ1) is 10.6. The molecule has 0 saturated heterocycles. The summed E-state index contributed by atoms with van der Waals surface area (Å²) in [6.07, 6.45) is 4.93. The minimum atomic E-state index is -0.331. The first-order chi connectivity index (χ1) is 6.69. The van der Waals surface area contributed by atoms with Crippen molar-refractivity contribution in [2.24, 2.45) is 0 Å². The summed E-state index contributed by atoms with van der Waals surface area (Å²) in [5.41, 5.74) is 0. The van der Waals surface area contributed by atoms with E-state index in [0.717, 1.165) is 5.76 Å². The normalized spacial score (nSPS) is 20.4. The lowest BCUT2D eigenvalue weighted by molar-refractivity contribution is 0.115. The van der Waals surface area contributed by atoms with Crippen molar-refractivity contribution in [3.63, 3.8) is 0 Å². The van der Waals surface area contributed by atoms with Gasteiger partial charge in [0.1, 0.15) is 5.76 Å². The third kappa shape index (κ3) is 2.28. The van der Waals surface area contributed by atoms with E-state index in [1.807, 2.05) is 13.0 Å². The number of carbonyl (C=O) groups excluding carboxylic acids is 1. The van der Waals surface area contributed by atoms with Crippen molar-refractivity contribution >= 4 is 6.09 Å². The van der Waals surface area contributed by atoms with Crippen molar-refractivity contribution in [2.45, 2.75) is 19.9 Å². The van der Waals surface area contributed by atoms with Gasteiger partial charge in [-0.1, -0.05) is 0 Å². The number of amides is 1. The fourth-order valence-electron chi connectivity index (χ4n) is 1.22. The molecule has 14 heavy (non-hydrogen) atoms. The average Bonchev–Trinajstić information content (AvgIpc) is 2.17. The van der Waals surface area contributed by atoms with E-state index in [9.17, 15) is 4.79 Å². The number of rotatable bonds is 2. The largest absolute Gasteiger partial charge is 0.497 e. The van der Waals surface area contributed by atoms with Crippen molar-refractivity contribution < 1.29 is 14.3 Å². The summed E-state index contributed by atoms with van der Waals surface area (Å²) in [5, 5.41) is 0. The topological polar surface area (TPSA) is 38.8 Å². The Kier molecular flexibility index (Phi) is 3.56. The van der Waals surface area contributed by atoms with Crippen molar-refractivity contribution in [1.29, 1.82) is 0 Å². The minimum Gasteiger partial charge on any atom is -0.497 e. The van der Waals surface area contributed by atoms with Crippen LogP contribution >= 0.6 is 0 Å². The zero-order valence-electron chi connectivity index (χ0n) is 8.69. The van der Waals surface area contributed by atoms with Gasteiger partial charge in [-0.05, 0) is 26.0 Å². The number of allylic oxidation sites excluding steroid dienone is 1. The lowest BCUT2D eigenvalue weighted by Gasteiger charge is -2.25. The van der Waals surface area contributed by atoms with E-state index in [2.05, 4.69) is 0 Å². The van der Waals surface area contributed by atoms with Crippen LogP contribution in [-0.2, 0) is 9.47 Å². The van der Waals surface area contributed by atoms with Crippen LogP contribution in [0.1, 0.15) is 13.8 Å². The Bertz CT molecular complexity index is 271. The molecule has 1 heterocycles. The standard InChI is InChI=1S/C10H15NO3/c1-4-14-10(12)11-6-5-9(13-3)7-8(11)2/h5-8H,4H2,1-3H3. The zero-order valence-corrected chi connectivity index (χ0v) is 8.69. The van der Waals surface area contributed by atoms with Crippen molar-refractivity contribution in [1.82, 2.24) is 4.90 Å². The summed E-state index contributed by atoms with van der Waals surface area (Å²) < 4.78 is 9.93. The quantitative estimate of drug-likeness (QED) is 0.678. The second-order valence-electron chi connectivity index (χ2n) is 2.94. The second-order valence-corrected chi connectivity index (χ2v) is 2.94. The summed E-state index contributed by atoms with van der Waals surface area (Å²) in [7, 11) is 1.60. The van der Waals surface area contributed by atoms with Crippen LogP contribution in [0.15, 0.2) is 24.1 Å². The van der Waals surface area contributed by atoms with Gasteiger partial charge in [-0.15, -0.1) is 0 Å². The molecule has 1 rings (SSSR count). The Morgan fingerprint density at radius 2 is 2.36 bits per heavy atom. The Morgan fingerprint density at radius 1 is 1.64 bits per heavy atom. The molecular weight excluding hydrogens is 182 g/mol. The van der Waals surface area contributed by atoms with E-state index in [0.29, 0.717) is 6.61 Å². The van der Waals surface area contributed by atoms with Gasteiger partial charge in [-0.2, -0.15) is 0 Å². The molecule has 4 heteroatoms. The predicted octanol–water partition coefficient (Wildman–Crippen LogP) is 1.89. The van der Waals surface area contributed by atoms with E-state index in [-0.39, 0.29) is 12.1 Å². The van der Waals surface area contributed by atoms with Crippen molar-refractivity contribution in [2.75, 3.05) is 13.7 Å². The van der Waals surface area contributed by atoms with Crippen LogP contribution in [0.3, 0.4) is 0 Å². The van der Waals surface area contributed by atoms with E-state index in [1.54, 1.807) is 26.3 Å². The molecule has 1 atom stereocenters. The minimum absolute atomic E-state index is 0.0333. The summed E-state index contributed by atoms with van der Waals surface area (Å²) in [4.78, 5) is 12.9. The highest BCUT2D eigenvalue weighted by Crippen LogP contribution is 2.14. The highest BCUT2D eigenvalue weighted by molar-refractivity contribution is 5.70. The van der Waals surface area contributed by atoms with E-state index in [4.69, 9.17) is 9.47 Å². The second kappa shape index (κ2) is 4.69. The number of hydrogen-bond acceptors (Lipinski definition) is 3. The Hall–Kier alpha value is -1.45. The molecule has 1 amide bonds. The molecule has 78 valence electrons. The van der Waals surface area contributed by atoms with Crippen LogP contribution in [0.5, 0.6) is 0 Å².